The van der Waals surface area contributed by atoms with Crippen molar-refractivity contribution in [2.45, 2.75) is 63.6 Å². The summed E-state index contributed by atoms with van der Waals surface area (Å²) in [6.45, 7) is 1.26. The number of alkyl halides is 6. The highest BCUT2D eigenvalue weighted by atomic mass is 19.4. The number of rotatable bonds is 6. The van der Waals surface area contributed by atoms with Gasteiger partial charge in [0.1, 0.15) is 5.82 Å². The standard InChI is InChI=1S/C26H27F6N7O/c1-13-6-7-18-17(8-13)21(37-19-4-2-3-5-20(19)38-24(33)34)39-22(36-18)23(40)35-12-14-9-15(25(27,28)29)11-16(10-14)26(30,31)32/h6-11,19-20H,2-5,12H2,1H3,(H,35,40)(H4,33,34,38)(H,36,37,39). The average molecular weight is 568 g/mol. The van der Waals surface area contributed by atoms with E-state index in [4.69, 9.17) is 11.5 Å². The molecule has 40 heavy (non-hydrogen) atoms. The number of carbonyl (C=O) groups is 1. The van der Waals surface area contributed by atoms with E-state index < -0.39 is 35.9 Å². The normalized spacial score (nSPS) is 17.9. The van der Waals surface area contributed by atoms with Gasteiger partial charge in [0.15, 0.2) is 5.96 Å². The number of halogens is 6. The summed E-state index contributed by atoms with van der Waals surface area (Å²) < 4.78 is 79.2. The number of carbonyl (C=O) groups excluding carboxylic acids is 1. The molecule has 1 amide bonds. The number of nitrogens with one attached hydrogen (secondary N) is 2. The minimum atomic E-state index is -5.00. The van der Waals surface area contributed by atoms with Gasteiger partial charge in [0.2, 0.25) is 5.82 Å². The van der Waals surface area contributed by atoms with Gasteiger partial charge in [-0.05, 0) is 55.7 Å². The number of aromatic nitrogens is 2. The number of guanidine groups is 1. The molecule has 2 aromatic carbocycles. The first-order valence-electron chi connectivity index (χ1n) is 12.4. The fourth-order valence-electron chi connectivity index (χ4n) is 4.64. The molecule has 1 fully saturated rings. The van der Waals surface area contributed by atoms with E-state index in [1.54, 1.807) is 12.1 Å². The molecule has 0 aliphatic heterocycles. The van der Waals surface area contributed by atoms with E-state index in [-0.39, 0.29) is 35.5 Å². The van der Waals surface area contributed by atoms with Crippen LogP contribution in [0.2, 0.25) is 0 Å². The molecule has 14 heteroatoms. The van der Waals surface area contributed by atoms with Gasteiger partial charge in [0.05, 0.1) is 28.7 Å². The molecule has 1 aliphatic rings. The molecule has 0 saturated heterocycles. The molecule has 3 aromatic rings. The van der Waals surface area contributed by atoms with Crippen LogP contribution in [0.1, 0.15) is 58.6 Å². The Morgan fingerprint density at radius 2 is 1.62 bits per heavy atom. The number of fused-ring (bicyclic) bond motifs is 1. The zero-order valence-electron chi connectivity index (χ0n) is 21.3. The fraction of sp³-hybridized carbons (Fsp3) is 0.385. The highest BCUT2D eigenvalue weighted by Gasteiger charge is 2.37. The monoisotopic (exact) mass is 567 g/mol. The van der Waals surface area contributed by atoms with Crippen LogP contribution in [0.5, 0.6) is 0 Å². The van der Waals surface area contributed by atoms with Crippen molar-refractivity contribution in [2.75, 3.05) is 5.32 Å². The van der Waals surface area contributed by atoms with Crippen molar-refractivity contribution < 1.29 is 31.1 Å². The van der Waals surface area contributed by atoms with Crippen LogP contribution in [0.3, 0.4) is 0 Å². The number of benzene rings is 2. The van der Waals surface area contributed by atoms with Crippen molar-refractivity contribution in [2.24, 2.45) is 16.5 Å². The zero-order chi connectivity index (χ0) is 29.2. The summed E-state index contributed by atoms with van der Waals surface area (Å²) in [6.07, 6.45) is -6.69. The minimum absolute atomic E-state index is 0.0263. The number of nitrogens with two attached hydrogens (primary N) is 2. The van der Waals surface area contributed by atoms with Crippen molar-refractivity contribution in [1.29, 1.82) is 0 Å². The highest BCUT2D eigenvalue weighted by molar-refractivity contribution is 5.96. The molecule has 0 bridgehead atoms. The third-order valence-corrected chi connectivity index (χ3v) is 6.52. The summed E-state index contributed by atoms with van der Waals surface area (Å²) in [5, 5.41) is 6.28. The average Bonchev–Trinajstić information content (AvgIpc) is 2.87. The fourth-order valence-corrected chi connectivity index (χ4v) is 4.64. The summed E-state index contributed by atoms with van der Waals surface area (Å²) in [5.74, 6) is -0.901. The molecule has 4 rings (SSSR count). The first kappa shape index (κ1) is 28.9. The number of hydrogen-bond donors (Lipinski definition) is 4. The Morgan fingerprint density at radius 3 is 2.25 bits per heavy atom. The molecule has 1 heterocycles. The van der Waals surface area contributed by atoms with Crippen LogP contribution >= 0.6 is 0 Å². The Bertz CT molecular complexity index is 1400. The summed E-state index contributed by atoms with van der Waals surface area (Å²) in [7, 11) is 0. The van der Waals surface area contributed by atoms with Crippen molar-refractivity contribution in [1.82, 2.24) is 15.3 Å². The van der Waals surface area contributed by atoms with Gasteiger partial charge in [-0.2, -0.15) is 26.3 Å². The SMILES string of the molecule is Cc1ccc2nc(C(=O)NCc3cc(C(F)(F)F)cc(C(F)(F)F)c3)nc(NC3CCCCC3N=C(N)N)c2c1. The Kier molecular flexibility index (Phi) is 8.08. The Morgan fingerprint density at radius 1 is 0.975 bits per heavy atom. The van der Waals surface area contributed by atoms with Gasteiger partial charge in [-0.25, -0.2) is 15.0 Å². The second kappa shape index (κ2) is 11.2. The van der Waals surface area contributed by atoms with Crippen LogP contribution < -0.4 is 22.1 Å². The number of hydrogen-bond acceptors (Lipinski definition) is 5. The molecular formula is C26H27F6N7O. The molecule has 2 atom stereocenters. The number of aryl methyl sites for hydroxylation is 1. The van der Waals surface area contributed by atoms with E-state index >= 15 is 0 Å². The summed E-state index contributed by atoms with van der Waals surface area (Å²) >= 11 is 0. The maximum atomic E-state index is 13.2. The third-order valence-electron chi connectivity index (χ3n) is 6.52. The molecule has 2 unspecified atom stereocenters. The van der Waals surface area contributed by atoms with Gasteiger partial charge >= 0.3 is 12.4 Å². The quantitative estimate of drug-likeness (QED) is 0.190. The molecule has 8 nitrogen and oxygen atoms in total. The number of aliphatic imine (C=N–C) groups is 1. The topological polar surface area (TPSA) is 131 Å². The van der Waals surface area contributed by atoms with Gasteiger partial charge in [0, 0.05) is 11.9 Å². The number of nitrogens with zero attached hydrogens (tertiary/aromatic N) is 3. The molecule has 1 saturated carbocycles. The van der Waals surface area contributed by atoms with Crippen LogP contribution in [0, 0.1) is 6.92 Å². The van der Waals surface area contributed by atoms with Gasteiger partial charge in [-0.3, -0.25) is 4.79 Å². The van der Waals surface area contributed by atoms with Crippen LogP contribution in [0.25, 0.3) is 10.9 Å². The molecule has 0 radical (unpaired) electrons. The highest BCUT2D eigenvalue weighted by Crippen LogP contribution is 2.36. The predicted octanol–water partition coefficient (Wildman–Crippen LogP) is 4.90. The molecule has 214 valence electrons. The van der Waals surface area contributed by atoms with Gasteiger partial charge < -0.3 is 22.1 Å². The second-order valence-corrected chi connectivity index (χ2v) is 9.67. The lowest BCUT2D eigenvalue weighted by Crippen LogP contribution is -2.38. The van der Waals surface area contributed by atoms with E-state index in [2.05, 4.69) is 25.6 Å². The lowest BCUT2D eigenvalue weighted by Gasteiger charge is -2.30. The third kappa shape index (κ3) is 6.90. The van der Waals surface area contributed by atoms with Gasteiger partial charge in [-0.1, -0.05) is 24.5 Å². The van der Waals surface area contributed by atoms with Crippen LogP contribution in [0.4, 0.5) is 32.2 Å². The maximum Gasteiger partial charge on any atom is 0.416 e. The van der Waals surface area contributed by atoms with Crippen molar-refractivity contribution in [3.05, 3.63) is 64.5 Å². The largest absolute Gasteiger partial charge is 0.416 e. The summed E-state index contributed by atoms with van der Waals surface area (Å²) in [5.41, 5.74) is 9.19. The molecule has 6 N–H and O–H groups in total. The Hall–Kier alpha value is -4.10. The van der Waals surface area contributed by atoms with Crippen molar-refractivity contribution >= 4 is 28.6 Å². The van der Waals surface area contributed by atoms with Crippen LogP contribution in [-0.2, 0) is 18.9 Å². The lowest BCUT2D eigenvalue weighted by molar-refractivity contribution is -0.143. The van der Waals surface area contributed by atoms with Gasteiger partial charge in [-0.15, -0.1) is 0 Å². The maximum absolute atomic E-state index is 13.2. The number of anilines is 1. The number of amides is 1. The summed E-state index contributed by atoms with van der Waals surface area (Å²) in [6, 6.07) is 6.01. The molecule has 1 aliphatic carbocycles. The lowest BCUT2D eigenvalue weighted by atomic mass is 9.90. The Labute approximate surface area is 225 Å². The predicted molar refractivity (Wildman–Crippen MR) is 137 cm³/mol. The smallest absolute Gasteiger partial charge is 0.370 e. The Balaban J connectivity index is 1.63. The van der Waals surface area contributed by atoms with E-state index in [1.807, 2.05) is 13.0 Å². The minimum Gasteiger partial charge on any atom is -0.370 e. The van der Waals surface area contributed by atoms with Gasteiger partial charge in [0.25, 0.3) is 5.91 Å². The van der Waals surface area contributed by atoms with E-state index in [9.17, 15) is 31.1 Å². The molecule has 0 spiro atoms. The zero-order valence-corrected chi connectivity index (χ0v) is 21.3. The summed E-state index contributed by atoms with van der Waals surface area (Å²) in [4.78, 5) is 25.9. The molecular weight excluding hydrogens is 540 g/mol. The first-order chi connectivity index (χ1) is 18.7. The second-order valence-electron chi connectivity index (χ2n) is 9.67. The first-order valence-corrected chi connectivity index (χ1v) is 12.4. The van der Waals surface area contributed by atoms with E-state index in [0.717, 1.165) is 31.2 Å². The van der Waals surface area contributed by atoms with Crippen LogP contribution in [0.15, 0.2) is 41.4 Å². The van der Waals surface area contributed by atoms with E-state index in [1.165, 1.54) is 0 Å². The van der Waals surface area contributed by atoms with Crippen molar-refractivity contribution in [3.8, 4) is 0 Å². The molecule has 1 aromatic heterocycles. The van der Waals surface area contributed by atoms with Crippen LogP contribution in [-0.4, -0.2) is 33.9 Å². The van der Waals surface area contributed by atoms with E-state index in [0.29, 0.717) is 28.9 Å². The van der Waals surface area contributed by atoms with Crippen molar-refractivity contribution in [3.63, 3.8) is 0 Å².